The van der Waals surface area contributed by atoms with Crippen molar-refractivity contribution in [2.45, 2.75) is 39.7 Å². The molecule has 1 atom stereocenters. The van der Waals surface area contributed by atoms with Crippen molar-refractivity contribution in [2.75, 3.05) is 19.6 Å². The first-order chi connectivity index (χ1) is 7.81. The first-order valence-corrected chi connectivity index (χ1v) is 6.04. The van der Waals surface area contributed by atoms with Gasteiger partial charge in [0.2, 0.25) is 5.91 Å². The fourth-order valence-electron chi connectivity index (χ4n) is 1.85. The minimum atomic E-state index is -0.929. The molecule has 0 aromatic rings. The topological polar surface area (TPSA) is 69.6 Å². The quantitative estimate of drug-likeness (QED) is 0.764. The second kappa shape index (κ2) is 5.49. The summed E-state index contributed by atoms with van der Waals surface area (Å²) in [5, 5.41) is 12.1. The van der Waals surface area contributed by atoms with Crippen LogP contribution in [0, 0.1) is 5.41 Å². The van der Waals surface area contributed by atoms with Gasteiger partial charge in [-0.3, -0.25) is 4.79 Å². The van der Waals surface area contributed by atoms with E-state index < -0.39 is 12.0 Å². The molecule has 0 saturated carbocycles. The van der Waals surface area contributed by atoms with Gasteiger partial charge < -0.3 is 15.3 Å². The molecule has 1 heterocycles. The number of carboxylic acid groups (broad SMARTS) is 1. The maximum Gasteiger partial charge on any atom is 0.327 e. The van der Waals surface area contributed by atoms with Crippen LogP contribution in [-0.4, -0.2) is 47.6 Å². The predicted octanol–water partition coefficient (Wildman–Crippen LogP) is 0.698. The van der Waals surface area contributed by atoms with Crippen molar-refractivity contribution >= 4 is 11.9 Å². The van der Waals surface area contributed by atoms with Gasteiger partial charge in [-0.25, -0.2) is 4.79 Å². The minimum Gasteiger partial charge on any atom is -0.480 e. The standard InChI is InChI=1S/C12H22N2O3/c1-12(2,3)5-4-10(15)14-7-6-13-8-9(14)11(16)17/h9,13H,4-8H2,1-3H3,(H,16,17). The first kappa shape index (κ1) is 14.0. The summed E-state index contributed by atoms with van der Waals surface area (Å²) in [6.07, 6.45) is 1.20. The van der Waals surface area contributed by atoms with Crippen LogP contribution in [0.25, 0.3) is 0 Å². The number of hydrogen-bond acceptors (Lipinski definition) is 3. The van der Waals surface area contributed by atoms with Crippen LogP contribution >= 0.6 is 0 Å². The second-order valence-corrected chi connectivity index (χ2v) is 5.71. The van der Waals surface area contributed by atoms with E-state index >= 15 is 0 Å². The van der Waals surface area contributed by atoms with E-state index in [4.69, 9.17) is 5.11 Å². The average Bonchev–Trinajstić information content (AvgIpc) is 2.25. The Morgan fingerprint density at radius 3 is 2.59 bits per heavy atom. The van der Waals surface area contributed by atoms with Gasteiger partial charge in [-0.2, -0.15) is 0 Å². The van der Waals surface area contributed by atoms with Crippen molar-refractivity contribution in [3.63, 3.8) is 0 Å². The number of hydrogen-bond donors (Lipinski definition) is 2. The Hall–Kier alpha value is -1.10. The fraction of sp³-hybridized carbons (Fsp3) is 0.833. The van der Waals surface area contributed by atoms with Gasteiger partial charge in [0.25, 0.3) is 0 Å². The van der Waals surface area contributed by atoms with E-state index in [0.29, 0.717) is 26.1 Å². The Morgan fingerprint density at radius 1 is 1.41 bits per heavy atom. The number of carbonyl (C=O) groups excluding carboxylic acids is 1. The highest BCUT2D eigenvalue weighted by molar-refractivity contribution is 5.84. The Labute approximate surface area is 102 Å². The van der Waals surface area contributed by atoms with E-state index in [1.807, 2.05) is 0 Å². The highest BCUT2D eigenvalue weighted by Crippen LogP contribution is 2.21. The molecule has 0 aliphatic carbocycles. The summed E-state index contributed by atoms with van der Waals surface area (Å²) < 4.78 is 0. The summed E-state index contributed by atoms with van der Waals surface area (Å²) in [4.78, 5) is 24.5. The summed E-state index contributed by atoms with van der Waals surface area (Å²) >= 11 is 0. The van der Waals surface area contributed by atoms with Gasteiger partial charge in [0.15, 0.2) is 0 Å². The zero-order valence-corrected chi connectivity index (χ0v) is 10.8. The normalized spacial score (nSPS) is 21.4. The average molecular weight is 242 g/mol. The van der Waals surface area contributed by atoms with Crippen LogP contribution in [0.4, 0.5) is 0 Å². The lowest BCUT2D eigenvalue weighted by atomic mass is 9.90. The van der Waals surface area contributed by atoms with Crippen LogP contribution in [0.5, 0.6) is 0 Å². The monoisotopic (exact) mass is 242 g/mol. The van der Waals surface area contributed by atoms with Crippen molar-refractivity contribution in [1.82, 2.24) is 10.2 Å². The number of piperazine rings is 1. The van der Waals surface area contributed by atoms with Crippen LogP contribution in [0.2, 0.25) is 0 Å². The van der Waals surface area contributed by atoms with Gasteiger partial charge in [-0.05, 0) is 11.8 Å². The molecule has 1 saturated heterocycles. The van der Waals surface area contributed by atoms with E-state index in [1.54, 1.807) is 0 Å². The molecule has 0 bridgehead atoms. The molecule has 1 fully saturated rings. The zero-order valence-electron chi connectivity index (χ0n) is 10.8. The molecule has 1 aliphatic heterocycles. The number of rotatable bonds is 3. The van der Waals surface area contributed by atoms with E-state index in [2.05, 4.69) is 26.1 Å². The van der Waals surface area contributed by atoms with Crippen LogP contribution in [-0.2, 0) is 9.59 Å². The Morgan fingerprint density at radius 2 is 2.06 bits per heavy atom. The lowest BCUT2D eigenvalue weighted by Crippen LogP contribution is -2.57. The molecule has 1 unspecified atom stereocenters. The number of amides is 1. The summed E-state index contributed by atoms with van der Waals surface area (Å²) in [6.45, 7) is 7.73. The van der Waals surface area contributed by atoms with Crippen molar-refractivity contribution in [3.8, 4) is 0 Å². The van der Waals surface area contributed by atoms with Crippen molar-refractivity contribution < 1.29 is 14.7 Å². The van der Waals surface area contributed by atoms with Crippen LogP contribution in [0.1, 0.15) is 33.6 Å². The van der Waals surface area contributed by atoms with Gasteiger partial charge >= 0.3 is 5.97 Å². The molecule has 98 valence electrons. The number of carboxylic acids is 1. The molecular formula is C12H22N2O3. The molecule has 17 heavy (non-hydrogen) atoms. The van der Waals surface area contributed by atoms with Gasteiger partial charge in [-0.15, -0.1) is 0 Å². The third-order valence-corrected chi connectivity index (χ3v) is 2.94. The van der Waals surface area contributed by atoms with Gasteiger partial charge in [0.05, 0.1) is 0 Å². The Kier molecular flexibility index (Phi) is 4.51. The molecule has 1 rings (SSSR count). The van der Waals surface area contributed by atoms with Crippen molar-refractivity contribution in [1.29, 1.82) is 0 Å². The third-order valence-electron chi connectivity index (χ3n) is 2.94. The maximum atomic E-state index is 12.0. The molecule has 5 heteroatoms. The highest BCUT2D eigenvalue weighted by atomic mass is 16.4. The summed E-state index contributed by atoms with van der Waals surface area (Å²) in [5.74, 6) is -0.977. The summed E-state index contributed by atoms with van der Waals surface area (Å²) in [7, 11) is 0. The first-order valence-electron chi connectivity index (χ1n) is 6.04. The fourth-order valence-corrected chi connectivity index (χ4v) is 1.85. The smallest absolute Gasteiger partial charge is 0.327 e. The number of nitrogens with zero attached hydrogens (tertiary/aromatic N) is 1. The Balaban J connectivity index is 2.56. The van der Waals surface area contributed by atoms with Crippen LogP contribution < -0.4 is 5.32 Å². The molecule has 1 aliphatic rings. The van der Waals surface area contributed by atoms with E-state index in [-0.39, 0.29) is 11.3 Å². The molecule has 0 aromatic carbocycles. The molecular weight excluding hydrogens is 220 g/mol. The van der Waals surface area contributed by atoms with Gasteiger partial charge in [0, 0.05) is 26.1 Å². The summed E-state index contributed by atoms with van der Waals surface area (Å²) in [6, 6.07) is -0.712. The van der Waals surface area contributed by atoms with E-state index in [0.717, 1.165) is 6.42 Å². The molecule has 2 N–H and O–H groups in total. The molecule has 5 nitrogen and oxygen atoms in total. The Bertz CT molecular complexity index is 297. The predicted molar refractivity (Wildman–Crippen MR) is 64.7 cm³/mol. The van der Waals surface area contributed by atoms with Crippen LogP contribution in [0.3, 0.4) is 0 Å². The maximum absolute atomic E-state index is 12.0. The number of nitrogens with one attached hydrogen (secondary N) is 1. The van der Waals surface area contributed by atoms with Gasteiger partial charge in [0.1, 0.15) is 6.04 Å². The lowest BCUT2D eigenvalue weighted by Gasteiger charge is -2.34. The number of carbonyl (C=O) groups is 2. The third kappa shape index (κ3) is 4.34. The van der Waals surface area contributed by atoms with Crippen LogP contribution in [0.15, 0.2) is 0 Å². The molecule has 0 aromatic heterocycles. The summed E-state index contributed by atoms with van der Waals surface area (Å²) in [5.41, 5.74) is 0.0996. The van der Waals surface area contributed by atoms with E-state index in [9.17, 15) is 9.59 Å². The lowest BCUT2D eigenvalue weighted by molar-refractivity contribution is -0.151. The second-order valence-electron chi connectivity index (χ2n) is 5.71. The SMILES string of the molecule is CC(C)(C)CCC(=O)N1CCNCC1C(=O)O. The van der Waals surface area contributed by atoms with Crippen molar-refractivity contribution in [3.05, 3.63) is 0 Å². The zero-order chi connectivity index (χ0) is 13.1. The number of aliphatic carboxylic acids is 1. The van der Waals surface area contributed by atoms with Crippen molar-refractivity contribution in [2.24, 2.45) is 5.41 Å². The highest BCUT2D eigenvalue weighted by Gasteiger charge is 2.31. The molecule has 0 radical (unpaired) electrons. The van der Waals surface area contributed by atoms with Gasteiger partial charge in [-0.1, -0.05) is 20.8 Å². The largest absolute Gasteiger partial charge is 0.480 e. The minimum absolute atomic E-state index is 0.0474. The molecule has 1 amide bonds. The van der Waals surface area contributed by atoms with E-state index in [1.165, 1.54) is 4.90 Å². The molecule has 0 spiro atoms.